The van der Waals surface area contributed by atoms with Gasteiger partial charge in [0, 0.05) is 19.3 Å². The highest BCUT2D eigenvalue weighted by atomic mass is 16.4. The van der Waals surface area contributed by atoms with Crippen molar-refractivity contribution >= 4 is 23.7 Å². The van der Waals surface area contributed by atoms with Gasteiger partial charge < -0.3 is 37.0 Å². The zero-order valence-corrected chi connectivity index (χ0v) is 22.3. The van der Waals surface area contributed by atoms with Crippen LogP contribution in [0.3, 0.4) is 0 Å². The van der Waals surface area contributed by atoms with Gasteiger partial charge in [0.2, 0.25) is 17.7 Å². The molecule has 0 aliphatic rings. The summed E-state index contributed by atoms with van der Waals surface area (Å²) in [6.45, 7) is -0.630. The molecule has 0 spiro atoms. The summed E-state index contributed by atoms with van der Waals surface area (Å²) in [6.07, 6.45) is 0.0566. The highest BCUT2D eigenvalue weighted by molar-refractivity contribution is 5.94. The van der Waals surface area contributed by atoms with Crippen LogP contribution in [0.5, 0.6) is 5.75 Å². The molecule has 0 radical (unpaired) electrons. The van der Waals surface area contributed by atoms with E-state index in [1.54, 1.807) is 72.8 Å². The number of nitrogens with two attached hydrogens (primary N) is 1. The molecular weight excluding hydrogens is 528 g/mol. The number of aromatic hydroxyl groups is 1. The highest BCUT2D eigenvalue weighted by Gasteiger charge is 2.31. The van der Waals surface area contributed by atoms with Crippen LogP contribution in [-0.4, -0.2) is 69.8 Å². The number of aliphatic hydroxyl groups excluding tert-OH is 1. The van der Waals surface area contributed by atoms with Crippen molar-refractivity contribution in [2.75, 3.05) is 6.61 Å². The maximum absolute atomic E-state index is 13.5. The smallest absolute Gasteiger partial charge is 0.326 e. The van der Waals surface area contributed by atoms with Crippen molar-refractivity contribution in [2.24, 2.45) is 5.73 Å². The van der Waals surface area contributed by atoms with Crippen molar-refractivity contribution in [1.29, 1.82) is 0 Å². The number of carbonyl (C=O) groups excluding carboxylic acids is 3. The maximum Gasteiger partial charge on any atom is 0.326 e. The predicted octanol–water partition coefficient (Wildman–Crippen LogP) is 0.279. The molecule has 3 aromatic rings. The Kier molecular flexibility index (Phi) is 11.4. The average Bonchev–Trinajstić information content (AvgIpc) is 2.97. The van der Waals surface area contributed by atoms with Crippen LogP contribution in [0.4, 0.5) is 0 Å². The second-order valence-electron chi connectivity index (χ2n) is 9.56. The third-order valence-corrected chi connectivity index (χ3v) is 6.36. The summed E-state index contributed by atoms with van der Waals surface area (Å²) < 4.78 is 0. The summed E-state index contributed by atoms with van der Waals surface area (Å²) in [4.78, 5) is 51.4. The van der Waals surface area contributed by atoms with Gasteiger partial charge in [-0.05, 0) is 28.8 Å². The molecule has 0 saturated heterocycles. The van der Waals surface area contributed by atoms with Gasteiger partial charge in [-0.25, -0.2) is 4.79 Å². The third kappa shape index (κ3) is 9.75. The summed E-state index contributed by atoms with van der Waals surface area (Å²) >= 11 is 0. The van der Waals surface area contributed by atoms with Gasteiger partial charge in [0.05, 0.1) is 6.61 Å². The fourth-order valence-electron chi connectivity index (χ4n) is 4.09. The fourth-order valence-corrected chi connectivity index (χ4v) is 4.09. The second-order valence-corrected chi connectivity index (χ2v) is 9.56. The van der Waals surface area contributed by atoms with Crippen molar-refractivity contribution < 1.29 is 34.5 Å². The van der Waals surface area contributed by atoms with Crippen molar-refractivity contribution in [1.82, 2.24) is 16.0 Å². The number of hydrogen-bond acceptors (Lipinski definition) is 7. The van der Waals surface area contributed by atoms with Crippen LogP contribution >= 0.6 is 0 Å². The van der Waals surface area contributed by atoms with E-state index >= 15 is 0 Å². The first kappa shape index (κ1) is 30.8. The summed E-state index contributed by atoms with van der Waals surface area (Å²) in [7, 11) is 0. The zero-order chi connectivity index (χ0) is 29.8. The lowest BCUT2D eigenvalue weighted by atomic mass is 10.0. The van der Waals surface area contributed by atoms with E-state index in [1.807, 2.05) is 0 Å². The zero-order valence-electron chi connectivity index (χ0n) is 22.3. The van der Waals surface area contributed by atoms with Gasteiger partial charge in [0.1, 0.15) is 29.9 Å². The van der Waals surface area contributed by atoms with Crippen LogP contribution in [0, 0.1) is 0 Å². The van der Waals surface area contributed by atoms with Gasteiger partial charge in [0.15, 0.2) is 0 Å². The van der Waals surface area contributed by atoms with Gasteiger partial charge in [-0.3, -0.25) is 14.4 Å². The first-order chi connectivity index (χ1) is 19.7. The van der Waals surface area contributed by atoms with E-state index in [0.717, 1.165) is 5.56 Å². The number of carbonyl (C=O) groups is 4. The summed E-state index contributed by atoms with van der Waals surface area (Å²) in [6, 6.07) is 18.7. The van der Waals surface area contributed by atoms with Crippen LogP contribution in [0.25, 0.3) is 0 Å². The molecule has 0 bridgehead atoms. The predicted molar refractivity (Wildman–Crippen MR) is 151 cm³/mol. The molecule has 0 heterocycles. The molecule has 0 aromatic heterocycles. The van der Waals surface area contributed by atoms with Gasteiger partial charge in [0.25, 0.3) is 0 Å². The molecule has 11 nitrogen and oxygen atoms in total. The standard InChI is InChI=1S/C30H34N4O7/c31-23(18-35)27(37)32-24(15-19-7-3-1-4-8-19)28(38)33-25(16-21-11-13-22(36)14-12-21)29(39)34-26(30(40)41)17-20-9-5-2-6-10-20/h1-14,23-26,35-36H,15-18,31H2,(H,32,37)(H,33,38)(H,34,39)(H,40,41). The van der Waals surface area contributed by atoms with E-state index in [9.17, 15) is 34.5 Å². The number of benzene rings is 3. The van der Waals surface area contributed by atoms with Crippen molar-refractivity contribution in [3.05, 3.63) is 102 Å². The molecule has 0 fully saturated rings. The lowest BCUT2D eigenvalue weighted by Gasteiger charge is -2.25. The number of phenols is 1. The van der Waals surface area contributed by atoms with Gasteiger partial charge in [-0.1, -0.05) is 72.8 Å². The molecule has 3 aromatic carbocycles. The SMILES string of the molecule is NC(CO)C(=O)NC(Cc1ccccc1)C(=O)NC(Cc1ccc(O)cc1)C(=O)NC(Cc1ccccc1)C(=O)O. The molecule has 4 atom stereocenters. The number of aliphatic hydroxyl groups is 1. The van der Waals surface area contributed by atoms with E-state index in [0.29, 0.717) is 11.1 Å². The molecule has 3 rings (SSSR count). The Hall–Kier alpha value is -4.74. The molecule has 4 unspecified atom stereocenters. The van der Waals surface area contributed by atoms with Gasteiger partial charge >= 0.3 is 5.97 Å². The Morgan fingerprint density at radius 3 is 1.44 bits per heavy atom. The van der Waals surface area contributed by atoms with Crippen molar-refractivity contribution in [3.63, 3.8) is 0 Å². The number of amides is 3. The number of phenolic OH excluding ortho intramolecular Hbond substituents is 1. The van der Waals surface area contributed by atoms with Crippen molar-refractivity contribution in [2.45, 2.75) is 43.4 Å². The Morgan fingerprint density at radius 2 is 1.00 bits per heavy atom. The first-order valence-corrected chi connectivity index (χ1v) is 13.0. The van der Waals surface area contributed by atoms with Crippen LogP contribution in [-0.2, 0) is 38.4 Å². The Bertz CT molecular complexity index is 1300. The lowest BCUT2D eigenvalue weighted by Crippen LogP contribution is -2.58. The minimum atomic E-state index is -1.27. The minimum Gasteiger partial charge on any atom is -0.508 e. The molecule has 8 N–H and O–H groups in total. The molecule has 0 aliphatic carbocycles. The normalized spacial score (nSPS) is 13.7. The van der Waals surface area contributed by atoms with Crippen LogP contribution in [0.1, 0.15) is 16.7 Å². The summed E-state index contributed by atoms with van der Waals surface area (Å²) in [5.74, 6) is -3.44. The second kappa shape index (κ2) is 15.2. The van der Waals surface area contributed by atoms with Crippen LogP contribution in [0.15, 0.2) is 84.9 Å². The molecule has 41 heavy (non-hydrogen) atoms. The van der Waals surface area contributed by atoms with E-state index < -0.39 is 54.5 Å². The largest absolute Gasteiger partial charge is 0.508 e. The number of carboxylic acid groups (broad SMARTS) is 1. The lowest BCUT2D eigenvalue weighted by molar-refractivity contribution is -0.142. The van der Waals surface area contributed by atoms with E-state index in [-0.39, 0.29) is 25.0 Å². The number of hydrogen-bond donors (Lipinski definition) is 7. The Morgan fingerprint density at radius 1 is 0.610 bits per heavy atom. The molecule has 216 valence electrons. The molecular formula is C30H34N4O7. The number of carboxylic acids is 1. The first-order valence-electron chi connectivity index (χ1n) is 13.0. The number of aliphatic carboxylic acids is 1. The number of rotatable bonds is 14. The highest BCUT2D eigenvalue weighted by Crippen LogP contribution is 2.13. The van der Waals surface area contributed by atoms with E-state index in [2.05, 4.69) is 16.0 Å². The third-order valence-electron chi connectivity index (χ3n) is 6.36. The fraction of sp³-hybridized carbons (Fsp3) is 0.267. The van der Waals surface area contributed by atoms with E-state index in [1.165, 1.54) is 12.1 Å². The summed E-state index contributed by atoms with van der Waals surface area (Å²) in [5.41, 5.74) is 7.64. The summed E-state index contributed by atoms with van der Waals surface area (Å²) in [5, 5.41) is 36.4. The number of nitrogens with one attached hydrogen (secondary N) is 3. The van der Waals surface area contributed by atoms with E-state index in [4.69, 9.17) is 5.73 Å². The Labute approximate surface area is 237 Å². The monoisotopic (exact) mass is 562 g/mol. The average molecular weight is 563 g/mol. The maximum atomic E-state index is 13.5. The Balaban J connectivity index is 1.85. The molecule has 11 heteroatoms. The van der Waals surface area contributed by atoms with Gasteiger partial charge in [-0.2, -0.15) is 0 Å². The minimum absolute atomic E-state index is 0.0125. The van der Waals surface area contributed by atoms with Gasteiger partial charge in [-0.15, -0.1) is 0 Å². The molecule has 3 amide bonds. The van der Waals surface area contributed by atoms with Crippen molar-refractivity contribution in [3.8, 4) is 5.75 Å². The molecule has 0 saturated carbocycles. The topological polar surface area (TPSA) is 191 Å². The van der Waals surface area contributed by atoms with Crippen LogP contribution in [0.2, 0.25) is 0 Å². The van der Waals surface area contributed by atoms with Crippen LogP contribution < -0.4 is 21.7 Å². The quantitative estimate of drug-likeness (QED) is 0.146. The molecule has 0 aliphatic heterocycles.